The van der Waals surface area contributed by atoms with E-state index in [4.69, 9.17) is 0 Å². The number of hydrogen-bond acceptors (Lipinski definition) is 3. The van der Waals surface area contributed by atoms with Crippen molar-refractivity contribution in [2.45, 2.75) is 25.6 Å². The van der Waals surface area contributed by atoms with Crippen LogP contribution in [0.25, 0.3) is 11.1 Å². The van der Waals surface area contributed by atoms with Gasteiger partial charge in [-0.25, -0.2) is 17.9 Å². The monoisotopic (exact) mass is 333 g/mol. The van der Waals surface area contributed by atoms with Crippen molar-refractivity contribution in [2.24, 2.45) is 0 Å². The highest BCUT2D eigenvalue weighted by molar-refractivity contribution is 7.90. The van der Waals surface area contributed by atoms with Crippen molar-refractivity contribution in [3.8, 4) is 11.1 Å². The van der Waals surface area contributed by atoms with E-state index in [0.717, 1.165) is 5.56 Å². The summed E-state index contributed by atoms with van der Waals surface area (Å²) in [5.74, 6) is -1.02. The van der Waals surface area contributed by atoms with E-state index in [2.05, 4.69) is 4.72 Å². The Morgan fingerprint density at radius 1 is 1.04 bits per heavy atom. The van der Waals surface area contributed by atoms with Gasteiger partial charge < -0.3 is 5.11 Å². The van der Waals surface area contributed by atoms with E-state index in [-0.39, 0.29) is 12.1 Å². The number of carboxylic acids is 1. The van der Waals surface area contributed by atoms with E-state index < -0.39 is 21.2 Å². The number of nitrogens with one attached hydrogen (secondary N) is 1. The zero-order valence-electron chi connectivity index (χ0n) is 13.0. The lowest BCUT2D eigenvalue weighted by molar-refractivity contribution is 0.0697. The summed E-state index contributed by atoms with van der Waals surface area (Å²) in [7, 11) is -3.39. The molecule has 0 fully saturated rings. The first kappa shape index (κ1) is 17.2. The fourth-order valence-corrected chi connectivity index (χ4v) is 2.88. The molecule has 0 saturated heterocycles. The van der Waals surface area contributed by atoms with E-state index in [1.807, 2.05) is 0 Å². The molecule has 0 saturated carbocycles. The molecular formula is C17H19NO4S. The van der Waals surface area contributed by atoms with E-state index in [1.165, 1.54) is 6.07 Å². The second kappa shape index (κ2) is 6.93. The molecule has 0 aliphatic carbocycles. The maximum Gasteiger partial charge on any atom is 0.336 e. The third-order valence-corrected chi connectivity index (χ3v) is 5.34. The van der Waals surface area contributed by atoms with Gasteiger partial charge in [-0.05, 0) is 36.6 Å². The third-order valence-electron chi connectivity index (χ3n) is 3.55. The minimum Gasteiger partial charge on any atom is -0.478 e. The Morgan fingerprint density at radius 2 is 1.61 bits per heavy atom. The zero-order chi connectivity index (χ0) is 17.0. The van der Waals surface area contributed by atoms with Crippen LogP contribution in [0.3, 0.4) is 0 Å². The summed E-state index contributed by atoms with van der Waals surface area (Å²) in [6.45, 7) is 3.33. The Morgan fingerprint density at radius 3 is 2.22 bits per heavy atom. The summed E-state index contributed by atoms with van der Waals surface area (Å²) in [5.41, 5.74) is 2.19. The fraction of sp³-hybridized carbons (Fsp3) is 0.235. The van der Waals surface area contributed by atoms with Crippen molar-refractivity contribution in [2.75, 3.05) is 0 Å². The zero-order valence-corrected chi connectivity index (χ0v) is 13.8. The van der Waals surface area contributed by atoms with Crippen LogP contribution in [0.2, 0.25) is 0 Å². The van der Waals surface area contributed by atoms with Gasteiger partial charge in [0.15, 0.2) is 0 Å². The topological polar surface area (TPSA) is 83.5 Å². The van der Waals surface area contributed by atoms with Crippen molar-refractivity contribution < 1.29 is 18.3 Å². The van der Waals surface area contributed by atoms with Crippen molar-refractivity contribution in [1.82, 2.24) is 4.72 Å². The summed E-state index contributed by atoms with van der Waals surface area (Å²) >= 11 is 0. The second-order valence-corrected chi connectivity index (χ2v) is 7.74. The van der Waals surface area contributed by atoms with Gasteiger partial charge in [-0.1, -0.05) is 42.5 Å². The van der Waals surface area contributed by atoms with Crippen LogP contribution in [0, 0.1) is 0 Å². The average Bonchev–Trinajstić information content (AvgIpc) is 2.53. The molecule has 0 amide bonds. The molecule has 0 aliphatic rings. The van der Waals surface area contributed by atoms with Crippen LogP contribution < -0.4 is 4.72 Å². The molecule has 2 N–H and O–H groups in total. The number of hydrogen-bond donors (Lipinski definition) is 2. The van der Waals surface area contributed by atoms with Crippen LogP contribution in [0.4, 0.5) is 0 Å². The van der Waals surface area contributed by atoms with Crippen LogP contribution in [0.1, 0.15) is 29.8 Å². The van der Waals surface area contributed by atoms with Gasteiger partial charge in [-0.2, -0.15) is 0 Å². The normalized spacial score (nSPS) is 11.6. The van der Waals surface area contributed by atoms with E-state index >= 15 is 0 Å². The highest BCUT2D eigenvalue weighted by Crippen LogP contribution is 2.27. The Kier molecular flexibility index (Phi) is 5.18. The van der Waals surface area contributed by atoms with Gasteiger partial charge in [-0.3, -0.25) is 0 Å². The molecule has 0 unspecified atom stereocenters. The molecule has 122 valence electrons. The van der Waals surface area contributed by atoms with Gasteiger partial charge in [0.2, 0.25) is 10.0 Å². The molecule has 0 heterocycles. The van der Waals surface area contributed by atoms with Crippen molar-refractivity contribution >= 4 is 16.0 Å². The predicted molar refractivity (Wildman–Crippen MR) is 89.7 cm³/mol. The van der Waals surface area contributed by atoms with Crippen molar-refractivity contribution in [1.29, 1.82) is 0 Å². The van der Waals surface area contributed by atoms with E-state index in [1.54, 1.807) is 56.3 Å². The van der Waals surface area contributed by atoms with Gasteiger partial charge in [-0.15, -0.1) is 0 Å². The highest BCUT2D eigenvalue weighted by Gasteiger charge is 2.17. The summed E-state index contributed by atoms with van der Waals surface area (Å²) in [5, 5.41) is 8.81. The first-order valence-electron chi connectivity index (χ1n) is 7.22. The Bertz CT molecular complexity index is 813. The first-order chi connectivity index (χ1) is 10.8. The van der Waals surface area contributed by atoms with Gasteiger partial charge in [0.25, 0.3) is 0 Å². The minimum absolute atomic E-state index is 0.116. The molecule has 0 radical (unpaired) electrons. The number of benzene rings is 2. The van der Waals surface area contributed by atoms with Crippen molar-refractivity contribution in [3.63, 3.8) is 0 Å². The predicted octanol–water partition coefficient (Wildman–Crippen LogP) is 2.88. The Hall–Kier alpha value is -2.18. The molecule has 0 aliphatic heterocycles. The molecule has 6 heteroatoms. The third kappa shape index (κ3) is 3.97. The SMILES string of the molecule is CC(C)S(=O)(=O)NCc1ccccc1-c1ccccc1C(=O)O. The van der Waals surface area contributed by atoms with Gasteiger partial charge in [0, 0.05) is 6.54 Å². The Balaban J connectivity index is 2.42. The molecule has 0 bridgehead atoms. The van der Waals surface area contributed by atoms with Gasteiger partial charge in [0.1, 0.15) is 0 Å². The summed E-state index contributed by atoms with van der Waals surface area (Å²) < 4.78 is 26.4. The maximum absolute atomic E-state index is 11.9. The molecule has 5 nitrogen and oxygen atoms in total. The number of sulfonamides is 1. The quantitative estimate of drug-likeness (QED) is 0.851. The number of carboxylic acid groups (broad SMARTS) is 1. The lowest BCUT2D eigenvalue weighted by atomic mass is 9.95. The largest absolute Gasteiger partial charge is 0.478 e. The Labute approximate surface area is 136 Å². The van der Waals surface area contributed by atoms with Crippen molar-refractivity contribution in [3.05, 3.63) is 59.7 Å². The van der Waals surface area contributed by atoms with Crippen LogP contribution in [0.5, 0.6) is 0 Å². The molecule has 2 rings (SSSR count). The fourth-order valence-electron chi connectivity index (χ4n) is 2.19. The first-order valence-corrected chi connectivity index (χ1v) is 8.76. The van der Waals surface area contributed by atoms with Crippen LogP contribution >= 0.6 is 0 Å². The summed E-state index contributed by atoms with van der Waals surface area (Å²) in [6, 6.07) is 13.9. The number of rotatable bonds is 6. The molecule has 0 spiro atoms. The van der Waals surface area contributed by atoms with Crippen LogP contribution in [0.15, 0.2) is 48.5 Å². The summed E-state index contributed by atoms with van der Waals surface area (Å²) in [6.07, 6.45) is 0. The van der Waals surface area contributed by atoms with E-state index in [0.29, 0.717) is 11.1 Å². The lowest BCUT2D eigenvalue weighted by Crippen LogP contribution is -2.30. The highest BCUT2D eigenvalue weighted by atomic mass is 32.2. The summed E-state index contributed by atoms with van der Waals surface area (Å²) in [4.78, 5) is 11.4. The smallest absolute Gasteiger partial charge is 0.336 e. The molecule has 23 heavy (non-hydrogen) atoms. The standard InChI is InChI=1S/C17H19NO4S/c1-12(2)23(21,22)18-11-13-7-3-4-8-14(13)15-9-5-6-10-16(15)17(19)20/h3-10,12,18H,11H2,1-2H3,(H,19,20). The maximum atomic E-state index is 11.9. The molecule has 0 atom stereocenters. The van der Waals surface area contributed by atoms with Gasteiger partial charge >= 0.3 is 5.97 Å². The number of carbonyl (C=O) groups is 1. The molecule has 2 aromatic carbocycles. The second-order valence-electron chi connectivity index (χ2n) is 5.42. The lowest BCUT2D eigenvalue weighted by Gasteiger charge is -2.14. The molecule has 2 aromatic rings. The molecule has 0 aromatic heterocycles. The average molecular weight is 333 g/mol. The van der Waals surface area contributed by atoms with Crippen LogP contribution in [-0.2, 0) is 16.6 Å². The minimum atomic E-state index is -3.39. The van der Waals surface area contributed by atoms with Gasteiger partial charge in [0.05, 0.1) is 10.8 Å². The van der Waals surface area contributed by atoms with E-state index in [9.17, 15) is 18.3 Å². The van der Waals surface area contributed by atoms with Crippen LogP contribution in [-0.4, -0.2) is 24.7 Å². The number of aromatic carboxylic acids is 1. The molecular weight excluding hydrogens is 314 g/mol.